The van der Waals surface area contributed by atoms with Crippen LogP contribution < -0.4 is 0 Å². The summed E-state index contributed by atoms with van der Waals surface area (Å²) in [5, 5.41) is 0. The van der Waals surface area contributed by atoms with Crippen LogP contribution in [0.5, 0.6) is 0 Å². The third-order valence-corrected chi connectivity index (χ3v) is 4.20. The van der Waals surface area contributed by atoms with Gasteiger partial charge >= 0.3 is 0 Å². The van der Waals surface area contributed by atoms with E-state index in [9.17, 15) is 9.59 Å². The molecule has 0 aromatic heterocycles. The largest absolute Gasteiger partial charge is 0.335 e. The van der Waals surface area contributed by atoms with Crippen LogP contribution in [0.1, 0.15) is 60.8 Å². The lowest BCUT2D eigenvalue weighted by atomic mass is 9.77. The van der Waals surface area contributed by atoms with Crippen LogP contribution in [0, 0.1) is 16.7 Å². The van der Waals surface area contributed by atoms with Gasteiger partial charge in [0.25, 0.3) is 0 Å². The number of likely N-dealkylation sites (tertiary alicyclic amines) is 1. The summed E-state index contributed by atoms with van der Waals surface area (Å²) in [4.78, 5) is 26.0. The van der Waals surface area contributed by atoms with Crippen molar-refractivity contribution in [1.29, 1.82) is 0 Å². The molecule has 0 aromatic carbocycles. The molecule has 110 valence electrons. The second-order valence-corrected chi connectivity index (χ2v) is 7.88. The highest BCUT2D eigenvalue weighted by molar-refractivity contribution is 5.89. The maximum absolute atomic E-state index is 12.1. The first-order chi connectivity index (χ1) is 8.51. The van der Waals surface area contributed by atoms with Crippen molar-refractivity contribution in [3.05, 3.63) is 0 Å². The number of rotatable bonds is 2. The second kappa shape index (κ2) is 5.64. The zero-order valence-corrected chi connectivity index (χ0v) is 13.4. The van der Waals surface area contributed by atoms with Gasteiger partial charge in [0.05, 0.1) is 6.54 Å². The van der Waals surface area contributed by atoms with E-state index in [1.165, 1.54) is 0 Å². The van der Waals surface area contributed by atoms with Crippen molar-refractivity contribution < 1.29 is 9.59 Å². The fraction of sp³-hybridized carbons (Fsp3) is 0.875. The lowest BCUT2D eigenvalue weighted by Crippen LogP contribution is -2.39. The Morgan fingerprint density at radius 2 is 1.74 bits per heavy atom. The summed E-state index contributed by atoms with van der Waals surface area (Å²) in [5.74, 6) is 0.852. The van der Waals surface area contributed by atoms with E-state index in [-0.39, 0.29) is 29.1 Å². The highest BCUT2D eigenvalue weighted by Gasteiger charge is 2.32. The summed E-state index contributed by atoms with van der Waals surface area (Å²) in [7, 11) is 0. The molecule has 0 aromatic rings. The van der Waals surface area contributed by atoms with Crippen LogP contribution >= 0.6 is 0 Å². The Bertz CT molecular complexity index is 347. The highest BCUT2D eigenvalue weighted by Crippen LogP contribution is 2.34. The topological polar surface area (TPSA) is 37.4 Å². The summed E-state index contributed by atoms with van der Waals surface area (Å²) in [6.45, 7) is 13.4. The fourth-order valence-corrected chi connectivity index (χ4v) is 2.48. The number of Topliss-reactive ketones (excluding diaryl/α,β-unsaturated/α-hetero) is 1. The minimum atomic E-state index is -0.365. The van der Waals surface area contributed by atoms with Crippen molar-refractivity contribution in [2.45, 2.75) is 60.8 Å². The van der Waals surface area contributed by atoms with Gasteiger partial charge in [-0.15, -0.1) is 0 Å². The molecule has 1 rings (SSSR count). The first kappa shape index (κ1) is 16.2. The van der Waals surface area contributed by atoms with E-state index in [2.05, 4.69) is 20.8 Å². The summed E-state index contributed by atoms with van der Waals surface area (Å²) in [5.41, 5.74) is -0.125. The van der Waals surface area contributed by atoms with E-state index in [4.69, 9.17) is 0 Å². The van der Waals surface area contributed by atoms with Gasteiger partial charge in [-0.1, -0.05) is 41.5 Å². The molecule has 0 radical (unpaired) electrons. The van der Waals surface area contributed by atoms with Crippen LogP contribution in [0.25, 0.3) is 0 Å². The fourth-order valence-electron chi connectivity index (χ4n) is 2.48. The SMILES string of the molecule is CC(C)(C)C(=O)CN1CCC(C(C)(C)C)CCC1=O. The number of carbonyl (C=O) groups is 2. The minimum Gasteiger partial charge on any atom is -0.335 e. The van der Waals surface area contributed by atoms with Crippen molar-refractivity contribution in [2.24, 2.45) is 16.7 Å². The third kappa shape index (κ3) is 4.63. The first-order valence-corrected chi connectivity index (χ1v) is 7.33. The molecule has 0 saturated carbocycles. The zero-order valence-electron chi connectivity index (χ0n) is 13.4. The molecule has 19 heavy (non-hydrogen) atoms. The molecule has 1 saturated heterocycles. The molecular formula is C16H29NO2. The molecule has 0 bridgehead atoms. The maximum atomic E-state index is 12.1. The molecule has 1 fully saturated rings. The number of hydrogen-bond donors (Lipinski definition) is 0. The summed E-state index contributed by atoms with van der Waals surface area (Å²) in [6, 6.07) is 0. The molecular weight excluding hydrogens is 238 g/mol. The number of carbonyl (C=O) groups excluding carboxylic acids is 2. The van der Waals surface area contributed by atoms with Gasteiger partial charge < -0.3 is 4.90 Å². The zero-order chi connectivity index (χ0) is 14.8. The van der Waals surface area contributed by atoms with E-state index in [0.717, 1.165) is 19.4 Å². The van der Waals surface area contributed by atoms with Gasteiger partial charge in [-0.05, 0) is 24.2 Å². The number of hydrogen-bond acceptors (Lipinski definition) is 2. The molecule has 0 spiro atoms. The van der Waals surface area contributed by atoms with Crippen LogP contribution in [0.2, 0.25) is 0 Å². The Kier molecular flexibility index (Phi) is 4.81. The van der Waals surface area contributed by atoms with E-state index >= 15 is 0 Å². The molecule has 1 heterocycles. The van der Waals surface area contributed by atoms with Crippen LogP contribution in [0.15, 0.2) is 0 Å². The van der Waals surface area contributed by atoms with E-state index in [1.54, 1.807) is 4.90 Å². The molecule has 0 N–H and O–H groups in total. The van der Waals surface area contributed by atoms with Gasteiger partial charge in [0.15, 0.2) is 5.78 Å². The molecule has 1 unspecified atom stereocenters. The molecule has 1 amide bonds. The monoisotopic (exact) mass is 267 g/mol. The van der Waals surface area contributed by atoms with Gasteiger partial charge in [0, 0.05) is 18.4 Å². The van der Waals surface area contributed by atoms with Crippen molar-refractivity contribution in [3.63, 3.8) is 0 Å². The van der Waals surface area contributed by atoms with E-state index < -0.39 is 0 Å². The molecule has 3 nitrogen and oxygen atoms in total. The highest BCUT2D eigenvalue weighted by atomic mass is 16.2. The van der Waals surface area contributed by atoms with Gasteiger partial charge in [-0.2, -0.15) is 0 Å². The molecule has 1 atom stereocenters. The van der Waals surface area contributed by atoms with Crippen LogP contribution in [0.4, 0.5) is 0 Å². The predicted molar refractivity (Wildman–Crippen MR) is 77.8 cm³/mol. The van der Waals surface area contributed by atoms with Gasteiger partial charge in [0.1, 0.15) is 0 Å². The van der Waals surface area contributed by atoms with Gasteiger partial charge in [0.2, 0.25) is 5.91 Å². The number of ketones is 1. The normalized spacial score (nSPS) is 22.3. The Morgan fingerprint density at radius 1 is 1.16 bits per heavy atom. The molecule has 1 aliphatic rings. The van der Waals surface area contributed by atoms with E-state index in [0.29, 0.717) is 12.3 Å². The summed E-state index contributed by atoms with van der Waals surface area (Å²) >= 11 is 0. The molecule has 0 aliphatic carbocycles. The second-order valence-electron chi connectivity index (χ2n) is 7.88. The van der Waals surface area contributed by atoms with Crippen molar-refractivity contribution in [2.75, 3.05) is 13.1 Å². The molecule has 3 heteroatoms. The van der Waals surface area contributed by atoms with Crippen LogP contribution in [-0.2, 0) is 9.59 Å². The van der Waals surface area contributed by atoms with Crippen molar-refractivity contribution in [3.8, 4) is 0 Å². The van der Waals surface area contributed by atoms with Gasteiger partial charge in [-0.3, -0.25) is 9.59 Å². The predicted octanol–water partition coefficient (Wildman–Crippen LogP) is 3.28. The minimum absolute atomic E-state index is 0.143. The Labute approximate surface area is 117 Å². The average Bonchev–Trinajstić information content (AvgIpc) is 2.39. The Hall–Kier alpha value is -0.860. The Morgan fingerprint density at radius 3 is 2.21 bits per heavy atom. The summed E-state index contributed by atoms with van der Waals surface area (Å²) in [6.07, 6.45) is 2.54. The Balaban J connectivity index is 2.67. The van der Waals surface area contributed by atoms with E-state index in [1.807, 2.05) is 20.8 Å². The van der Waals surface area contributed by atoms with Crippen LogP contribution in [-0.4, -0.2) is 29.7 Å². The third-order valence-electron chi connectivity index (χ3n) is 4.20. The smallest absolute Gasteiger partial charge is 0.222 e. The summed E-state index contributed by atoms with van der Waals surface area (Å²) < 4.78 is 0. The lowest BCUT2D eigenvalue weighted by Gasteiger charge is -2.30. The molecule has 1 aliphatic heterocycles. The number of nitrogens with zero attached hydrogens (tertiary/aromatic N) is 1. The average molecular weight is 267 g/mol. The van der Waals surface area contributed by atoms with Gasteiger partial charge in [-0.25, -0.2) is 0 Å². The van der Waals surface area contributed by atoms with Crippen molar-refractivity contribution in [1.82, 2.24) is 4.90 Å². The lowest BCUT2D eigenvalue weighted by molar-refractivity contribution is -0.137. The standard InChI is InChI=1S/C16H29NO2/c1-15(2,3)12-7-8-14(19)17(10-9-12)11-13(18)16(4,5)6/h12H,7-11H2,1-6H3. The quantitative estimate of drug-likeness (QED) is 0.770. The van der Waals surface area contributed by atoms with Crippen molar-refractivity contribution >= 4 is 11.7 Å². The first-order valence-electron chi connectivity index (χ1n) is 7.33. The number of amides is 1. The maximum Gasteiger partial charge on any atom is 0.222 e. The van der Waals surface area contributed by atoms with Crippen LogP contribution in [0.3, 0.4) is 0 Å².